The molecule has 8 nitrogen and oxygen atoms in total. The highest BCUT2D eigenvalue weighted by molar-refractivity contribution is 5.48. The van der Waals surface area contributed by atoms with Gasteiger partial charge in [-0.15, -0.1) is 5.10 Å². The van der Waals surface area contributed by atoms with Gasteiger partial charge in [0.1, 0.15) is 24.4 Å². The van der Waals surface area contributed by atoms with E-state index >= 15 is 0 Å². The molecule has 1 aliphatic rings. The zero-order valence-electron chi connectivity index (χ0n) is 9.92. The number of nitrogen functional groups attached to an aromatic ring is 1. The molecule has 1 aliphatic heterocycles. The molecule has 0 bridgehead atoms. The van der Waals surface area contributed by atoms with E-state index in [9.17, 15) is 10.2 Å². The Balaban J connectivity index is 2.03. The lowest BCUT2D eigenvalue weighted by Gasteiger charge is -2.14. The Labute approximate surface area is 108 Å². The van der Waals surface area contributed by atoms with E-state index in [1.807, 2.05) is 0 Å². The van der Waals surface area contributed by atoms with Crippen LogP contribution in [0.5, 0.6) is 0 Å². The van der Waals surface area contributed by atoms with E-state index in [1.165, 1.54) is 4.52 Å². The van der Waals surface area contributed by atoms with Gasteiger partial charge in [0, 0.05) is 0 Å². The van der Waals surface area contributed by atoms with E-state index < -0.39 is 24.4 Å². The fourth-order valence-electron chi connectivity index (χ4n) is 2.29. The molecule has 0 spiro atoms. The maximum absolute atomic E-state index is 9.99. The fraction of sp³-hybridized carbons (Fsp3) is 0.455. The van der Waals surface area contributed by atoms with E-state index in [2.05, 4.69) is 10.1 Å². The lowest BCUT2D eigenvalue weighted by Crippen LogP contribution is -2.32. The number of aromatic nitrogens is 3. The van der Waals surface area contributed by atoms with Crippen LogP contribution in [0.25, 0.3) is 5.52 Å². The third-order valence-electron chi connectivity index (χ3n) is 3.28. The zero-order valence-corrected chi connectivity index (χ0v) is 9.92. The van der Waals surface area contributed by atoms with Crippen molar-refractivity contribution in [2.75, 3.05) is 12.3 Å². The van der Waals surface area contributed by atoms with Crippen LogP contribution in [0.1, 0.15) is 11.8 Å². The number of nitrogens with two attached hydrogens (primary N) is 1. The molecule has 0 saturated carbocycles. The Morgan fingerprint density at radius 2 is 2.11 bits per heavy atom. The van der Waals surface area contributed by atoms with Gasteiger partial charge in [0.05, 0.1) is 24.0 Å². The summed E-state index contributed by atoms with van der Waals surface area (Å²) in [6, 6.07) is 3.47. The molecular formula is C11H14N4O4. The summed E-state index contributed by atoms with van der Waals surface area (Å²) in [5, 5.41) is 32.9. The predicted octanol–water partition coefficient (Wildman–Crippen LogP) is -1.53. The summed E-state index contributed by atoms with van der Waals surface area (Å²) < 4.78 is 6.96. The minimum absolute atomic E-state index is 0.0942. The van der Waals surface area contributed by atoms with Crippen molar-refractivity contribution in [2.24, 2.45) is 0 Å². The largest absolute Gasteiger partial charge is 0.394 e. The highest BCUT2D eigenvalue weighted by atomic mass is 16.6. The molecule has 1 saturated heterocycles. The van der Waals surface area contributed by atoms with Gasteiger partial charge in [-0.2, -0.15) is 0 Å². The molecule has 0 radical (unpaired) electrons. The van der Waals surface area contributed by atoms with Crippen molar-refractivity contribution in [3.63, 3.8) is 0 Å². The smallest absolute Gasteiger partial charge is 0.238 e. The van der Waals surface area contributed by atoms with Gasteiger partial charge in [0.15, 0.2) is 0 Å². The van der Waals surface area contributed by atoms with Gasteiger partial charge in [0.2, 0.25) is 5.95 Å². The van der Waals surface area contributed by atoms with Crippen LogP contribution >= 0.6 is 0 Å². The van der Waals surface area contributed by atoms with E-state index in [4.69, 9.17) is 15.6 Å². The van der Waals surface area contributed by atoms with Crippen LogP contribution in [0, 0.1) is 0 Å². The lowest BCUT2D eigenvalue weighted by molar-refractivity contribution is -0.0244. The van der Waals surface area contributed by atoms with Gasteiger partial charge in [-0.25, -0.2) is 9.50 Å². The average molecular weight is 266 g/mol. The summed E-state index contributed by atoms with van der Waals surface area (Å²) in [5.41, 5.74) is 6.77. The Hall–Kier alpha value is -1.74. The Morgan fingerprint density at radius 1 is 1.32 bits per heavy atom. The van der Waals surface area contributed by atoms with Gasteiger partial charge >= 0.3 is 0 Å². The van der Waals surface area contributed by atoms with Gasteiger partial charge < -0.3 is 25.8 Å². The third-order valence-corrected chi connectivity index (χ3v) is 3.28. The molecule has 19 heavy (non-hydrogen) atoms. The molecule has 3 rings (SSSR count). The number of aliphatic hydroxyl groups is 3. The first-order chi connectivity index (χ1) is 9.11. The SMILES string of the molecule is Nc1ncc2ccc([C@@H]3O[C@H](CO)[C@@H](O)[C@H]3O)n2n1. The first-order valence-electron chi connectivity index (χ1n) is 5.84. The summed E-state index contributed by atoms with van der Waals surface area (Å²) >= 11 is 0. The number of rotatable bonds is 2. The lowest BCUT2D eigenvalue weighted by atomic mass is 10.1. The van der Waals surface area contributed by atoms with Gasteiger partial charge in [0.25, 0.3) is 0 Å². The Morgan fingerprint density at radius 3 is 2.79 bits per heavy atom. The first kappa shape index (κ1) is 12.3. The van der Waals surface area contributed by atoms with Gasteiger partial charge in [-0.05, 0) is 12.1 Å². The molecule has 8 heteroatoms. The second-order valence-electron chi connectivity index (χ2n) is 4.47. The number of nitrogens with zero attached hydrogens (tertiary/aromatic N) is 3. The number of hydrogen-bond donors (Lipinski definition) is 4. The molecule has 102 valence electrons. The molecule has 4 atom stereocenters. The Bertz CT molecular complexity index is 601. The zero-order chi connectivity index (χ0) is 13.6. The van der Waals surface area contributed by atoms with Crippen LogP contribution < -0.4 is 5.73 Å². The summed E-state index contributed by atoms with van der Waals surface area (Å²) in [6.45, 7) is -0.366. The summed E-state index contributed by atoms with van der Waals surface area (Å²) in [6.07, 6.45) is -2.31. The molecule has 2 aromatic rings. The molecule has 0 aromatic carbocycles. The maximum Gasteiger partial charge on any atom is 0.238 e. The van der Waals surface area contributed by atoms with Crippen molar-refractivity contribution >= 4 is 11.5 Å². The van der Waals surface area contributed by atoms with Crippen molar-refractivity contribution in [2.45, 2.75) is 24.4 Å². The van der Waals surface area contributed by atoms with Crippen LogP contribution in [0.4, 0.5) is 5.95 Å². The minimum atomic E-state index is -1.14. The summed E-state index contributed by atoms with van der Waals surface area (Å²) in [5.74, 6) is 0.0942. The quantitative estimate of drug-likeness (QED) is 0.519. The minimum Gasteiger partial charge on any atom is -0.394 e. The highest BCUT2D eigenvalue weighted by Gasteiger charge is 2.44. The monoisotopic (exact) mass is 266 g/mol. The van der Waals surface area contributed by atoms with Gasteiger partial charge in [-0.3, -0.25) is 0 Å². The van der Waals surface area contributed by atoms with Crippen LogP contribution in [-0.4, -0.2) is 54.8 Å². The summed E-state index contributed by atoms with van der Waals surface area (Å²) in [7, 11) is 0. The number of hydrogen-bond acceptors (Lipinski definition) is 7. The van der Waals surface area contributed by atoms with E-state index in [1.54, 1.807) is 18.3 Å². The Kier molecular flexibility index (Phi) is 2.86. The van der Waals surface area contributed by atoms with E-state index in [0.29, 0.717) is 11.2 Å². The van der Waals surface area contributed by atoms with Crippen LogP contribution in [-0.2, 0) is 4.74 Å². The van der Waals surface area contributed by atoms with Crippen LogP contribution in [0.3, 0.4) is 0 Å². The fourth-order valence-corrected chi connectivity index (χ4v) is 2.29. The topological polar surface area (TPSA) is 126 Å². The average Bonchev–Trinajstić information content (AvgIpc) is 2.92. The van der Waals surface area contributed by atoms with E-state index in [0.717, 1.165) is 0 Å². The number of anilines is 1. The molecular weight excluding hydrogens is 252 g/mol. The number of aliphatic hydroxyl groups excluding tert-OH is 3. The second-order valence-corrected chi connectivity index (χ2v) is 4.47. The standard InChI is InChI=1S/C11H14N4O4/c12-11-13-3-5-1-2-6(15(5)14-11)10-9(18)8(17)7(4-16)19-10/h1-3,7-10,16-18H,4H2,(H2,12,14)/t7-,8-,9-,10+/m1/s1. The third kappa shape index (κ3) is 1.85. The van der Waals surface area contributed by atoms with Gasteiger partial charge in [-0.1, -0.05) is 0 Å². The van der Waals surface area contributed by atoms with Crippen molar-refractivity contribution in [3.8, 4) is 0 Å². The van der Waals surface area contributed by atoms with Crippen LogP contribution in [0.2, 0.25) is 0 Å². The number of fused-ring (bicyclic) bond motifs is 1. The van der Waals surface area contributed by atoms with Crippen molar-refractivity contribution in [3.05, 3.63) is 24.0 Å². The molecule has 5 N–H and O–H groups in total. The predicted molar refractivity (Wildman–Crippen MR) is 64.1 cm³/mol. The molecule has 0 unspecified atom stereocenters. The van der Waals surface area contributed by atoms with Crippen molar-refractivity contribution < 1.29 is 20.1 Å². The molecule has 0 amide bonds. The highest BCUT2D eigenvalue weighted by Crippen LogP contribution is 2.33. The van der Waals surface area contributed by atoms with Crippen molar-refractivity contribution in [1.82, 2.24) is 14.6 Å². The molecule has 0 aliphatic carbocycles. The van der Waals surface area contributed by atoms with E-state index in [-0.39, 0.29) is 12.6 Å². The molecule has 1 fully saturated rings. The maximum atomic E-state index is 9.99. The second kappa shape index (κ2) is 4.42. The molecule has 3 heterocycles. The van der Waals surface area contributed by atoms with Crippen LogP contribution in [0.15, 0.2) is 18.3 Å². The molecule has 2 aromatic heterocycles. The number of ether oxygens (including phenoxy) is 1. The first-order valence-corrected chi connectivity index (χ1v) is 5.84. The summed E-state index contributed by atoms with van der Waals surface area (Å²) in [4.78, 5) is 3.87. The normalized spacial score (nSPS) is 31.1. The van der Waals surface area contributed by atoms with Crippen molar-refractivity contribution in [1.29, 1.82) is 0 Å².